The van der Waals surface area contributed by atoms with Crippen molar-refractivity contribution in [1.82, 2.24) is 5.32 Å². The largest absolute Gasteiger partial charge is 0.378 e. The highest BCUT2D eigenvalue weighted by atomic mass is 16.5. The van der Waals surface area contributed by atoms with Crippen LogP contribution >= 0.6 is 0 Å². The molecule has 2 atom stereocenters. The molecule has 1 aliphatic rings. The molecule has 2 unspecified atom stereocenters. The molecule has 0 saturated carbocycles. The monoisotopic (exact) mass is 258 g/mol. The summed E-state index contributed by atoms with van der Waals surface area (Å²) >= 11 is 0. The summed E-state index contributed by atoms with van der Waals surface area (Å²) < 4.78 is 5.72. The Hall–Kier alpha value is -1.37. The van der Waals surface area contributed by atoms with Crippen LogP contribution in [0.4, 0.5) is 0 Å². The van der Waals surface area contributed by atoms with Gasteiger partial charge in [-0.3, -0.25) is 0 Å². The second-order valence-corrected chi connectivity index (χ2v) is 5.19. The molecule has 0 aromatic heterocycles. The van der Waals surface area contributed by atoms with Gasteiger partial charge in [0.1, 0.15) is 0 Å². The number of nitrogens with zero attached hydrogens (tertiary/aromatic N) is 1. The topological polar surface area (TPSA) is 45.0 Å². The molecule has 0 spiro atoms. The summed E-state index contributed by atoms with van der Waals surface area (Å²) in [5.41, 5.74) is 1.94. The maximum atomic E-state index is 8.77. The molecule has 3 heteroatoms. The molecule has 1 heterocycles. The molecule has 0 bridgehead atoms. The predicted octanol–water partition coefficient (Wildman–Crippen LogP) is 3.17. The average Bonchev–Trinajstić information content (AvgIpc) is 2.48. The summed E-state index contributed by atoms with van der Waals surface area (Å²) in [6.07, 6.45) is 5.24. The van der Waals surface area contributed by atoms with Crippen LogP contribution in [0.3, 0.4) is 0 Å². The number of nitriles is 1. The number of nitrogens with one attached hydrogen (secondary N) is 1. The molecule has 102 valence electrons. The van der Waals surface area contributed by atoms with E-state index in [1.54, 1.807) is 0 Å². The first-order chi connectivity index (χ1) is 9.29. The standard InChI is InChI=1S/C16H22N2O/c1-13(15-7-5-14(12-17)6-8-15)18-10-9-16-4-2-3-11-19-16/h5-8,13,16,18H,2-4,9-11H2,1H3. The van der Waals surface area contributed by atoms with Crippen molar-refractivity contribution in [2.24, 2.45) is 0 Å². The quantitative estimate of drug-likeness (QED) is 0.882. The van der Waals surface area contributed by atoms with E-state index in [0.29, 0.717) is 17.7 Å². The first-order valence-corrected chi connectivity index (χ1v) is 7.14. The third-order valence-electron chi connectivity index (χ3n) is 3.73. The summed E-state index contributed by atoms with van der Waals surface area (Å²) in [7, 11) is 0. The molecule has 1 fully saturated rings. The zero-order valence-electron chi connectivity index (χ0n) is 11.6. The average molecular weight is 258 g/mol. The van der Waals surface area contributed by atoms with Gasteiger partial charge < -0.3 is 10.1 Å². The van der Waals surface area contributed by atoms with E-state index in [1.165, 1.54) is 24.8 Å². The molecule has 1 N–H and O–H groups in total. The van der Waals surface area contributed by atoms with Gasteiger partial charge in [0.15, 0.2) is 0 Å². The van der Waals surface area contributed by atoms with Gasteiger partial charge in [0, 0.05) is 12.6 Å². The van der Waals surface area contributed by atoms with Gasteiger partial charge in [-0.05, 0) is 56.8 Å². The lowest BCUT2D eigenvalue weighted by Crippen LogP contribution is -2.27. The van der Waals surface area contributed by atoms with Crippen LogP contribution in [0.1, 0.15) is 49.8 Å². The Morgan fingerprint density at radius 2 is 2.16 bits per heavy atom. The lowest BCUT2D eigenvalue weighted by Gasteiger charge is -2.23. The highest BCUT2D eigenvalue weighted by Gasteiger charge is 2.13. The van der Waals surface area contributed by atoms with Crippen LogP contribution in [0.2, 0.25) is 0 Å². The molecule has 19 heavy (non-hydrogen) atoms. The summed E-state index contributed by atoms with van der Waals surface area (Å²) in [4.78, 5) is 0. The van der Waals surface area contributed by atoms with Crippen molar-refractivity contribution in [3.63, 3.8) is 0 Å². The van der Waals surface area contributed by atoms with Gasteiger partial charge in [-0.25, -0.2) is 0 Å². The van der Waals surface area contributed by atoms with Crippen molar-refractivity contribution < 1.29 is 4.74 Å². The minimum absolute atomic E-state index is 0.316. The number of ether oxygens (including phenoxy) is 1. The van der Waals surface area contributed by atoms with E-state index in [4.69, 9.17) is 10.00 Å². The smallest absolute Gasteiger partial charge is 0.0991 e. The second-order valence-electron chi connectivity index (χ2n) is 5.19. The van der Waals surface area contributed by atoms with Gasteiger partial charge in [0.05, 0.1) is 17.7 Å². The van der Waals surface area contributed by atoms with E-state index in [0.717, 1.165) is 19.6 Å². The van der Waals surface area contributed by atoms with Gasteiger partial charge >= 0.3 is 0 Å². The number of hydrogen-bond acceptors (Lipinski definition) is 3. The van der Waals surface area contributed by atoms with Gasteiger partial charge in [0.25, 0.3) is 0 Å². The molecule has 0 radical (unpaired) electrons. The fourth-order valence-corrected chi connectivity index (χ4v) is 2.46. The number of rotatable bonds is 5. The maximum Gasteiger partial charge on any atom is 0.0991 e. The van der Waals surface area contributed by atoms with E-state index in [9.17, 15) is 0 Å². The van der Waals surface area contributed by atoms with Crippen molar-refractivity contribution in [2.45, 2.75) is 44.8 Å². The lowest BCUT2D eigenvalue weighted by molar-refractivity contribution is 0.0112. The molecular formula is C16H22N2O. The summed E-state index contributed by atoms with van der Waals surface area (Å²) in [5.74, 6) is 0. The van der Waals surface area contributed by atoms with Gasteiger partial charge in [0.2, 0.25) is 0 Å². The van der Waals surface area contributed by atoms with Gasteiger partial charge in [-0.1, -0.05) is 12.1 Å². The van der Waals surface area contributed by atoms with Crippen molar-refractivity contribution in [3.8, 4) is 6.07 Å². The summed E-state index contributed by atoms with van der Waals surface area (Å²) in [6, 6.07) is 10.2. The Morgan fingerprint density at radius 1 is 1.37 bits per heavy atom. The number of benzene rings is 1. The van der Waals surface area contributed by atoms with Crippen LogP contribution < -0.4 is 5.32 Å². The minimum Gasteiger partial charge on any atom is -0.378 e. The normalized spacial score (nSPS) is 20.7. The van der Waals surface area contributed by atoms with E-state index < -0.39 is 0 Å². The second kappa shape index (κ2) is 7.28. The Morgan fingerprint density at radius 3 is 2.79 bits per heavy atom. The van der Waals surface area contributed by atoms with Crippen molar-refractivity contribution in [3.05, 3.63) is 35.4 Å². The third-order valence-corrected chi connectivity index (χ3v) is 3.73. The highest BCUT2D eigenvalue weighted by Crippen LogP contribution is 2.16. The Balaban J connectivity index is 1.73. The SMILES string of the molecule is CC(NCCC1CCCCO1)c1ccc(C#N)cc1. The van der Waals surface area contributed by atoms with E-state index in [1.807, 2.05) is 24.3 Å². The van der Waals surface area contributed by atoms with Crippen LogP contribution in [-0.4, -0.2) is 19.3 Å². The van der Waals surface area contributed by atoms with Crippen LogP contribution in [0.25, 0.3) is 0 Å². The van der Waals surface area contributed by atoms with Crippen molar-refractivity contribution in [2.75, 3.05) is 13.2 Å². The fraction of sp³-hybridized carbons (Fsp3) is 0.562. The van der Waals surface area contributed by atoms with E-state index >= 15 is 0 Å². The van der Waals surface area contributed by atoms with Crippen LogP contribution in [0.5, 0.6) is 0 Å². The predicted molar refractivity (Wildman–Crippen MR) is 75.8 cm³/mol. The lowest BCUT2D eigenvalue weighted by atomic mass is 10.0. The fourth-order valence-electron chi connectivity index (χ4n) is 2.46. The molecule has 3 nitrogen and oxygen atoms in total. The van der Waals surface area contributed by atoms with Gasteiger partial charge in [-0.2, -0.15) is 5.26 Å². The molecule has 1 aromatic rings. The summed E-state index contributed by atoms with van der Waals surface area (Å²) in [5, 5.41) is 12.3. The Labute approximate surface area is 115 Å². The van der Waals surface area contributed by atoms with Gasteiger partial charge in [-0.15, -0.1) is 0 Å². The number of hydrogen-bond donors (Lipinski definition) is 1. The third kappa shape index (κ3) is 4.34. The molecule has 1 aromatic carbocycles. The zero-order valence-corrected chi connectivity index (χ0v) is 11.6. The minimum atomic E-state index is 0.316. The first kappa shape index (κ1) is 14.0. The highest BCUT2D eigenvalue weighted by molar-refractivity contribution is 5.32. The summed E-state index contributed by atoms with van der Waals surface area (Å²) in [6.45, 7) is 4.06. The molecule has 0 amide bonds. The van der Waals surface area contributed by atoms with Crippen molar-refractivity contribution in [1.29, 1.82) is 5.26 Å². The maximum absolute atomic E-state index is 8.77. The Bertz CT molecular complexity index is 415. The molecule has 2 rings (SSSR count). The van der Waals surface area contributed by atoms with E-state index in [2.05, 4.69) is 18.3 Å². The first-order valence-electron chi connectivity index (χ1n) is 7.14. The van der Waals surface area contributed by atoms with Crippen LogP contribution in [-0.2, 0) is 4.74 Å². The molecule has 1 saturated heterocycles. The van der Waals surface area contributed by atoms with Crippen LogP contribution in [0, 0.1) is 11.3 Å². The van der Waals surface area contributed by atoms with Crippen molar-refractivity contribution >= 4 is 0 Å². The van der Waals surface area contributed by atoms with E-state index in [-0.39, 0.29) is 0 Å². The Kier molecular flexibility index (Phi) is 5.38. The zero-order chi connectivity index (χ0) is 13.5. The van der Waals surface area contributed by atoms with Crippen LogP contribution in [0.15, 0.2) is 24.3 Å². The molecular weight excluding hydrogens is 236 g/mol. The molecule has 1 aliphatic heterocycles. The molecule has 0 aliphatic carbocycles.